The molecule has 4 N–H and O–H groups in total. The molecule has 0 bridgehead atoms. The number of benzene rings is 1. The van der Waals surface area contributed by atoms with Crippen molar-refractivity contribution in [2.24, 2.45) is 0 Å². The molecule has 0 aliphatic carbocycles. The number of aryl methyl sites for hydroxylation is 1. The van der Waals surface area contributed by atoms with Crippen LogP contribution < -0.4 is 11.1 Å². The van der Waals surface area contributed by atoms with Crippen molar-refractivity contribution >= 4 is 11.6 Å². The summed E-state index contributed by atoms with van der Waals surface area (Å²) in [6.45, 7) is 1.90. The van der Waals surface area contributed by atoms with Crippen molar-refractivity contribution < 1.29 is 4.79 Å². The predicted octanol–water partition coefficient (Wildman–Crippen LogP) is 1.80. The van der Waals surface area contributed by atoms with E-state index in [1.165, 1.54) is 0 Å². The lowest BCUT2D eigenvalue weighted by Crippen LogP contribution is -2.27. The summed E-state index contributed by atoms with van der Waals surface area (Å²) in [5.74, 6) is 0.750. The molecule has 0 saturated heterocycles. The minimum atomic E-state index is -0.115. The highest BCUT2D eigenvalue weighted by atomic mass is 16.1. The maximum absolute atomic E-state index is 11.8. The number of hydrogen-bond acceptors (Lipinski definition) is 3. The minimum Gasteiger partial charge on any atom is -0.399 e. The molecule has 2 rings (SSSR count). The van der Waals surface area contributed by atoms with Crippen molar-refractivity contribution in [1.29, 1.82) is 0 Å². The van der Waals surface area contributed by atoms with Crippen LogP contribution in [0, 0.1) is 0 Å². The zero-order chi connectivity index (χ0) is 13.7. The van der Waals surface area contributed by atoms with Gasteiger partial charge in [0.1, 0.15) is 5.82 Å². The Morgan fingerprint density at radius 3 is 2.95 bits per heavy atom. The van der Waals surface area contributed by atoms with Gasteiger partial charge in [0, 0.05) is 24.5 Å². The Bertz CT molecular complexity index is 536. The third-order valence-corrected chi connectivity index (χ3v) is 2.98. The number of para-hydroxylation sites is 1. The number of amides is 1. The van der Waals surface area contributed by atoms with Gasteiger partial charge < -0.3 is 16.0 Å². The summed E-state index contributed by atoms with van der Waals surface area (Å²) in [6, 6.07) is 7.49. The fourth-order valence-electron chi connectivity index (χ4n) is 1.91. The van der Waals surface area contributed by atoms with Crippen LogP contribution in [0.3, 0.4) is 0 Å². The van der Waals surface area contributed by atoms with E-state index in [1.54, 1.807) is 12.4 Å². The first kappa shape index (κ1) is 13.1. The largest absolute Gasteiger partial charge is 0.399 e. The van der Waals surface area contributed by atoms with Crippen LogP contribution >= 0.6 is 0 Å². The van der Waals surface area contributed by atoms with E-state index < -0.39 is 0 Å². The van der Waals surface area contributed by atoms with Crippen LogP contribution in [0.2, 0.25) is 0 Å². The Morgan fingerprint density at radius 1 is 1.47 bits per heavy atom. The lowest BCUT2D eigenvalue weighted by atomic mass is 10.1. The summed E-state index contributed by atoms with van der Waals surface area (Å²) in [4.78, 5) is 18.9. The number of hydrogen-bond donors (Lipinski definition) is 3. The van der Waals surface area contributed by atoms with E-state index in [-0.39, 0.29) is 11.9 Å². The van der Waals surface area contributed by atoms with Crippen molar-refractivity contribution in [2.75, 3.05) is 5.73 Å². The summed E-state index contributed by atoms with van der Waals surface area (Å²) >= 11 is 0. The lowest BCUT2D eigenvalue weighted by molar-refractivity contribution is -0.121. The summed E-state index contributed by atoms with van der Waals surface area (Å²) in [7, 11) is 0. The van der Waals surface area contributed by atoms with Gasteiger partial charge in [0.25, 0.3) is 0 Å². The molecule has 2 aromatic rings. The van der Waals surface area contributed by atoms with E-state index in [0.717, 1.165) is 17.1 Å². The fourth-order valence-corrected chi connectivity index (χ4v) is 1.91. The maximum atomic E-state index is 11.8. The number of carbonyl (C=O) groups excluding carboxylic acids is 1. The third-order valence-electron chi connectivity index (χ3n) is 2.98. The third kappa shape index (κ3) is 3.58. The number of nitrogen functional groups attached to an aromatic ring is 1. The molecule has 1 atom stereocenters. The van der Waals surface area contributed by atoms with Crippen LogP contribution in [0.4, 0.5) is 5.69 Å². The smallest absolute Gasteiger partial charge is 0.220 e. The number of aromatic nitrogens is 2. The van der Waals surface area contributed by atoms with Crippen LogP contribution in [0.25, 0.3) is 0 Å². The number of aromatic amines is 1. The summed E-state index contributed by atoms with van der Waals surface area (Å²) < 4.78 is 0. The van der Waals surface area contributed by atoms with Crippen LogP contribution in [0.1, 0.15) is 30.8 Å². The van der Waals surface area contributed by atoms with Gasteiger partial charge in [-0.1, -0.05) is 18.2 Å². The monoisotopic (exact) mass is 258 g/mol. The SMILES string of the molecule is CC(NC(=O)CCc1ccccc1N)c1ncc[nH]1. The van der Waals surface area contributed by atoms with E-state index in [1.807, 2.05) is 31.2 Å². The van der Waals surface area contributed by atoms with Gasteiger partial charge in [-0.15, -0.1) is 0 Å². The van der Waals surface area contributed by atoms with Crippen molar-refractivity contribution in [2.45, 2.75) is 25.8 Å². The first-order chi connectivity index (χ1) is 9.16. The predicted molar refractivity (Wildman–Crippen MR) is 74.3 cm³/mol. The zero-order valence-electron chi connectivity index (χ0n) is 10.9. The Balaban J connectivity index is 1.84. The number of imidazole rings is 1. The molecule has 1 unspecified atom stereocenters. The van der Waals surface area contributed by atoms with E-state index in [0.29, 0.717) is 12.8 Å². The summed E-state index contributed by atoms with van der Waals surface area (Å²) in [6.07, 6.45) is 4.47. The zero-order valence-corrected chi connectivity index (χ0v) is 10.9. The molecule has 1 aromatic carbocycles. The van der Waals surface area contributed by atoms with Crippen LogP contribution in [-0.4, -0.2) is 15.9 Å². The normalized spacial score (nSPS) is 12.1. The topological polar surface area (TPSA) is 83.8 Å². The summed E-state index contributed by atoms with van der Waals surface area (Å²) in [5, 5.41) is 2.90. The van der Waals surface area contributed by atoms with Gasteiger partial charge in [0.05, 0.1) is 6.04 Å². The molecule has 5 nitrogen and oxygen atoms in total. The molecule has 0 aliphatic heterocycles. The van der Waals surface area contributed by atoms with Gasteiger partial charge in [0.15, 0.2) is 0 Å². The fraction of sp³-hybridized carbons (Fsp3) is 0.286. The van der Waals surface area contributed by atoms with Gasteiger partial charge >= 0.3 is 0 Å². The average molecular weight is 258 g/mol. The molecule has 1 heterocycles. The number of rotatable bonds is 5. The highest BCUT2D eigenvalue weighted by molar-refractivity contribution is 5.76. The number of H-pyrrole nitrogens is 1. The molecular weight excluding hydrogens is 240 g/mol. The van der Waals surface area contributed by atoms with Crippen molar-refractivity contribution in [1.82, 2.24) is 15.3 Å². The molecule has 1 aromatic heterocycles. The summed E-state index contributed by atoms with van der Waals surface area (Å²) in [5.41, 5.74) is 7.57. The number of nitrogens with one attached hydrogen (secondary N) is 2. The van der Waals surface area contributed by atoms with Gasteiger partial charge in [0.2, 0.25) is 5.91 Å². The van der Waals surface area contributed by atoms with Gasteiger partial charge in [-0.25, -0.2) is 4.98 Å². The molecule has 0 radical (unpaired) electrons. The quantitative estimate of drug-likeness (QED) is 0.715. The second-order valence-corrected chi connectivity index (χ2v) is 4.46. The molecular formula is C14H18N4O. The van der Waals surface area contributed by atoms with Crippen LogP contribution in [0.15, 0.2) is 36.7 Å². The Hall–Kier alpha value is -2.30. The molecule has 0 aliphatic rings. The average Bonchev–Trinajstić information content (AvgIpc) is 2.91. The minimum absolute atomic E-state index is 0.00727. The molecule has 100 valence electrons. The molecule has 0 saturated carbocycles. The van der Waals surface area contributed by atoms with Crippen LogP contribution in [-0.2, 0) is 11.2 Å². The highest BCUT2D eigenvalue weighted by Crippen LogP contribution is 2.13. The second kappa shape index (κ2) is 6.04. The van der Waals surface area contributed by atoms with Gasteiger partial charge in [-0.05, 0) is 25.0 Å². The number of nitrogens with two attached hydrogens (primary N) is 1. The molecule has 1 amide bonds. The van der Waals surface area contributed by atoms with Gasteiger partial charge in [-0.3, -0.25) is 4.79 Å². The van der Waals surface area contributed by atoms with Gasteiger partial charge in [-0.2, -0.15) is 0 Å². The van der Waals surface area contributed by atoms with E-state index >= 15 is 0 Å². The Morgan fingerprint density at radius 2 is 2.26 bits per heavy atom. The van der Waals surface area contributed by atoms with Crippen LogP contribution in [0.5, 0.6) is 0 Å². The van der Waals surface area contributed by atoms with E-state index in [9.17, 15) is 4.79 Å². The molecule has 0 fully saturated rings. The first-order valence-corrected chi connectivity index (χ1v) is 6.29. The molecule has 19 heavy (non-hydrogen) atoms. The van der Waals surface area contributed by atoms with E-state index in [4.69, 9.17) is 5.73 Å². The maximum Gasteiger partial charge on any atom is 0.220 e. The Labute approximate surface area is 112 Å². The van der Waals surface area contributed by atoms with Crippen molar-refractivity contribution in [3.05, 3.63) is 48.0 Å². The first-order valence-electron chi connectivity index (χ1n) is 6.29. The number of anilines is 1. The Kier molecular flexibility index (Phi) is 4.18. The molecule has 0 spiro atoms. The number of nitrogens with zero attached hydrogens (tertiary/aromatic N) is 1. The standard InChI is InChI=1S/C14H18N4O/c1-10(14-16-8-9-17-14)18-13(19)7-6-11-4-2-3-5-12(11)15/h2-5,8-10H,6-7,15H2,1H3,(H,16,17)(H,18,19). The van der Waals surface area contributed by atoms with Crippen molar-refractivity contribution in [3.63, 3.8) is 0 Å². The second-order valence-electron chi connectivity index (χ2n) is 4.46. The number of carbonyl (C=O) groups is 1. The molecule has 5 heteroatoms. The van der Waals surface area contributed by atoms with Crippen molar-refractivity contribution in [3.8, 4) is 0 Å². The lowest BCUT2D eigenvalue weighted by Gasteiger charge is -2.11. The highest BCUT2D eigenvalue weighted by Gasteiger charge is 2.11. The van der Waals surface area contributed by atoms with E-state index in [2.05, 4.69) is 15.3 Å².